The lowest BCUT2D eigenvalue weighted by Crippen LogP contribution is -2.10. The summed E-state index contributed by atoms with van der Waals surface area (Å²) >= 11 is 0. The number of ether oxygens (including phenoxy) is 2. The van der Waals surface area contributed by atoms with Gasteiger partial charge in [0, 0.05) is 11.3 Å². The maximum atomic E-state index is 6.40. The van der Waals surface area contributed by atoms with Crippen molar-refractivity contribution in [2.24, 2.45) is 5.92 Å². The minimum atomic E-state index is 0.300. The van der Waals surface area contributed by atoms with Crippen LogP contribution in [0.1, 0.15) is 47.4 Å². The molecule has 4 aliphatic carbocycles. The summed E-state index contributed by atoms with van der Waals surface area (Å²) in [5.74, 6) is 4.28. The number of hydrogen-bond acceptors (Lipinski definition) is 2. The fourth-order valence-corrected chi connectivity index (χ4v) is 6.57. The molecule has 3 atom stereocenters. The van der Waals surface area contributed by atoms with Crippen LogP contribution in [0.2, 0.25) is 0 Å². The lowest BCUT2D eigenvalue weighted by Gasteiger charge is -2.21. The van der Waals surface area contributed by atoms with Crippen molar-refractivity contribution < 1.29 is 9.47 Å². The molecule has 0 saturated heterocycles. The standard InChI is InChI=1S/C34H26O2/c1-3-10-24(11-4-1)35-32-19-29-26(15-16-34-21-23(34)17-22-9-7-8-14-31(22)34)27-18-28(27)30(29)20-33(32)36-25-12-5-2-6-13-25/h1-14,17-20,26-27H,15-16,21H2/t26?,27?,34-/m0/s1. The maximum Gasteiger partial charge on any atom is 0.170 e. The van der Waals surface area contributed by atoms with Gasteiger partial charge >= 0.3 is 0 Å². The van der Waals surface area contributed by atoms with Gasteiger partial charge in [-0.1, -0.05) is 78.4 Å². The summed E-state index contributed by atoms with van der Waals surface area (Å²) in [4.78, 5) is 0. The number of para-hydroxylation sites is 2. The Bertz CT molecular complexity index is 1560. The monoisotopic (exact) mass is 466 g/mol. The molecule has 0 spiro atoms. The highest BCUT2D eigenvalue weighted by molar-refractivity contribution is 5.89. The highest BCUT2D eigenvalue weighted by Crippen LogP contribution is 2.66. The SMILES string of the molecule is C1=C2c3cc(Oc4ccccc4)c(Oc4ccccc4)cc3C(CC[C@]34CC3=Cc3ccccc34)C12. The first-order chi connectivity index (χ1) is 17.8. The molecule has 4 aliphatic rings. The Labute approximate surface area is 211 Å². The molecule has 2 nitrogen and oxygen atoms in total. The van der Waals surface area contributed by atoms with Crippen molar-refractivity contribution in [1.29, 1.82) is 0 Å². The van der Waals surface area contributed by atoms with Gasteiger partial charge in [-0.05, 0) is 89.4 Å². The van der Waals surface area contributed by atoms with Gasteiger partial charge in [0.2, 0.25) is 0 Å². The van der Waals surface area contributed by atoms with Gasteiger partial charge in [0.25, 0.3) is 0 Å². The molecule has 0 bridgehead atoms. The zero-order valence-electron chi connectivity index (χ0n) is 20.0. The average molecular weight is 467 g/mol. The van der Waals surface area contributed by atoms with E-state index in [1.807, 2.05) is 60.7 Å². The fourth-order valence-electron chi connectivity index (χ4n) is 6.57. The third kappa shape index (κ3) is 3.10. The molecule has 0 amide bonds. The zero-order chi connectivity index (χ0) is 23.7. The van der Waals surface area contributed by atoms with E-state index in [2.05, 4.69) is 48.6 Å². The average Bonchev–Trinajstić information content (AvgIpc) is 3.80. The molecule has 1 saturated carbocycles. The summed E-state index contributed by atoms with van der Waals surface area (Å²) in [5, 5.41) is 0. The maximum absolute atomic E-state index is 6.40. The molecule has 4 aromatic carbocycles. The van der Waals surface area contributed by atoms with Crippen molar-refractivity contribution in [1.82, 2.24) is 0 Å². The molecule has 0 N–H and O–H groups in total. The van der Waals surface area contributed by atoms with Gasteiger partial charge < -0.3 is 9.47 Å². The molecule has 2 unspecified atom stereocenters. The topological polar surface area (TPSA) is 18.5 Å². The molecular weight excluding hydrogens is 440 g/mol. The summed E-state index contributed by atoms with van der Waals surface area (Å²) in [6, 6.07) is 33.4. The lowest BCUT2D eigenvalue weighted by molar-refractivity contribution is 0.417. The first kappa shape index (κ1) is 20.2. The molecule has 174 valence electrons. The van der Waals surface area contributed by atoms with Crippen LogP contribution in [0, 0.1) is 5.92 Å². The summed E-state index contributed by atoms with van der Waals surface area (Å²) < 4.78 is 12.8. The van der Waals surface area contributed by atoms with Crippen LogP contribution in [-0.2, 0) is 5.41 Å². The lowest BCUT2D eigenvalue weighted by atomic mass is 9.84. The highest BCUT2D eigenvalue weighted by Gasteiger charge is 2.54. The molecule has 2 heteroatoms. The van der Waals surface area contributed by atoms with Crippen LogP contribution in [0.4, 0.5) is 0 Å². The number of hydrogen-bond donors (Lipinski definition) is 0. The first-order valence-electron chi connectivity index (χ1n) is 12.9. The van der Waals surface area contributed by atoms with E-state index in [0.29, 0.717) is 17.3 Å². The van der Waals surface area contributed by atoms with Crippen LogP contribution < -0.4 is 9.47 Å². The van der Waals surface area contributed by atoms with E-state index in [-0.39, 0.29) is 0 Å². The largest absolute Gasteiger partial charge is 0.453 e. The smallest absolute Gasteiger partial charge is 0.170 e. The second kappa shape index (κ2) is 7.48. The van der Waals surface area contributed by atoms with Gasteiger partial charge in [-0.3, -0.25) is 0 Å². The predicted molar refractivity (Wildman–Crippen MR) is 144 cm³/mol. The van der Waals surface area contributed by atoms with E-state index in [1.165, 1.54) is 41.5 Å². The third-order valence-electron chi connectivity index (χ3n) is 8.48. The van der Waals surface area contributed by atoms with Crippen LogP contribution in [-0.4, -0.2) is 0 Å². The molecule has 0 heterocycles. The number of allylic oxidation sites excluding steroid dienone is 3. The molecule has 4 aromatic rings. The van der Waals surface area contributed by atoms with Gasteiger partial charge in [-0.15, -0.1) is 0 Å². The molecule has 1 fully saturated rings. The van der Waals surface area contributed by atoms with Crippen molar-refractivity contribution in [3.05, 3.63) is 131 Å². The summed E-state index contributed by atoms with van der Waals surface area (Å²) in [6.45, 7) is 0. The first-order valence-corrected chi connectivity index (χ1v) is 12.9. The molecular formula is C34H26O2. The Morgan fingerprint density at radius 1 is 0.750 bits per heavy atom. The van der Waals surface area contributed by atoms with E-state index >= 15 is 0 Å². The Morgan fingerprint density at radius 3 is 2.17 bits per heavy atom. The van der Waals surface area contributed by atoms with Crippen LogP contribution in [0.15, 0.2) is 109 Å². The van der Waals surface area contributed by atoms with E-state index in [9.17, 15) is 0 Å². The molecule has 0 aromatic heterocycles. The second-order valence-electron chi connectivity index (χ2n) is 10.5. The predicted octanol–water partition coefficient (Wildman–Crippen LogP) is 8.90. The van der Waals surface area contributed by atoms with Crippen LogP contribution >= 0.6 is 0 Å². The van der Waals surface area contributed by atoms with Gasteiger partial charge in [0.1, 0.15) is 11.5 Å². The van der Waals surface area contributed by atoms with Crippen molar-refractivity contribution in [3.8, 4) is 23.0 Å². The van der Waals surface area contributed by atoms with Crippen LogP contribution in [0.3, 0.4) is 0 Å². The van der Waals surface area contributed by atoms with Gasteiger partial charge in [0.05, 0.1) is 0 Å². The van der Waals surface area contributed by atoms with E-state index in [0.717, 1.165) is 23.0 Å². The van der Waals surface area contributed by atoms with Crippen molar-refractivity contribution in [3.63, 3.8) is 0 Å². The number of benzene rings is 4. The minimum absolute atomic E-state index is 0.300. The third-order valence-corrected chi connectivity index (χ3v) is 8.48. The van der Waals surface area contributed by atoms with Crippen LogP contribution in [0.5, 0.6) is 23.0 Å². The quantitative estimate of drug-likeness (QED) is 0.271. The summed E-state index contributed by atoms with van der Waals surface area (Å²) in [6.07, 6.45) is 8.52. The normalized spacial score (nSPS) is 23.6. The number of fused-ring (bicyclic) bond motifs is 6. The highest BCUT2D eigenvalue weighted by atomic mass is 16.5. The van der Waals surface area contributed by atoms with Gasteiger partial charge in [-0.25, -0.2) is 0 Å². The van der Waals surface area contributed by atoms with Crippen LogP contribution in [0.25, 0.3) is 11.6 Å². The number of rotatable bonds is 7. The Kier molecular flexibility index (Phi) is 4.19. The Morgan fingerprint density at radius 2 is 1.42 bits per heavy atom. The molecule has 36 heavy (non-hydrogen) atoms. The van der Waals surface area contributed by atoms with E-state index in [4.69, 9.17) is 9.47 Å². The minimum Gasteiger partial charge on any atom is -0.453 e. The van der Waals surface area contributed by atoms with Gasteiger partial charge in [-0.2, -0.15) is 0 Å². The second-order valence-corrected chi connectivity index (χ2v) is 10.5. The molecule has 0 radical (unpaired) electrons. The molecule has 8 rings (SSSR count). The van der Waals surface area contributed by atoms with Gasteiger partial charge in [0.15, 0.2) is 11.5 Å². The van der Waals surface area contributed by atoms with Crippen molar-refractivity contribution in [2.45, 2.75) is 30.6 Å². The fraction of sp³-hybridized carbons (Fsp3) is 0.176. The summed E-state index contributed by atoms with van der Waals surface area (Å²) in [5.41, 5.74) is 9.14. The molecule has 0 aliphatic heterocycles. The zero-order valence-corrected chi connectivity index (χ0v) is 20.0. The van der Waals surface area contributed by atoms with Crippen molar-refractivity contribution in [2.75, 3.05) is 0 Å². The Balaban J connectivity index is 1.12. The van der Waals surface area contributed by atoms with E-state index in [1.54, 1.807) is 11.1 Å². The Hall–Kier alpha value is -4.04. The van der Waals surface area contributed by atoms with E-state index < -0.39 is 0 Å². The summed E-state index contributed by atoms with van der Waals surface area (Å²) in [7, 11) is 0. The van der Waals surface area contributed by atoms with Crippen molar-refractivity contribution >= 4 is 11.6 Å².